The summed E-state index contributed by atoms with van der Waals surface area (Å²) in [5, 5.41) is 45.8. The quantitative estimate of drug-likeness (QED) is 0.263. The Hall–Kier alpha value is -0.730. The zero-order valence-electron chi connectivity index (χ0n) is 7.24. The Morgan fingerprint density at radius 1 is 1.36 bits per heavy atom. The lowest BCUT2D eigenvalue weighted by Crippen LogP contribution is -2.68. The second-order valence-corrected chi connectivity index (χ2v) is 3.51. The molecule has 0 aromatic rings. The Labute approximate surface area is 79.4 Å². The van der Waals surface area contributed by atoms with Gasteiger partial charge in [0.15, 0.2) is 5.60 Å². The number of rotatable bonds is 1. The van der Waals surface area contributed by atoms with Gasteiger partial charge in [0.2, 0.25) is 0 Å². The summed E-state index contributed by atoms with van der Waals surface area (Å²) in [4.78, 5) is 10.6. The molecule has 0 unspecified atom stereocenters. The summed E-state index contributed by atoms with van der Waals surface area (Å²) in [6, 6.07) is -1.39. The first kappa shape index (κ1) is 11.3. The fourth-order valence-electron chi connectivity index (χ4n) is 1.54. The van der Waals surface area contributed by atoms with Crippen molar-refractivity contribution in [2.24, 2.45) is 5.73 Å². The van der Waals surface area contributed by atoms with Crippen molar-refractivity contribution in [3.63, 3.8) is 0 Å². The van der Waals surface area contributed by atoms with Gasteiger partial charge in [-0.2, -0.15) is 0 Å². The molecule has 1 aliphatic carbocycles. The first-order valence-corrected chi connectivity index (χ1v) is 4.06. The number of hydrogen-bond donors (Lipinski definition) is 6. The van der Waals surface area contributed by atoms with Gasteiger partial charge in [0, 0.05) is 6.42 Å². The number of aliphatic carboxylic acids is 1. The van der Waals surface area contributed by atoms with Crippen molar-refractivity contribution in [2.75, 3.05) is 0 Å². The fourth-order valence-corrected chi connectivity index (χ4v) is 1.54. The van der Waals surface area contributed by atoms with Crippen LogP contribution in [-0.4, -0.2) is 61.5 Å². The van der Waals surface area contributed by atoms with Gasteiger partial charge in [-0.25, -0.2) is 4.79 Å². The van der Waals surface area contributed by atoms with Gasteiger partial charge in [0.25, 0.3) is 0 Å². The van der Waals surface area contributed by atoms with Crippen molar-refractivity contribution in [1.29, 1.82) is 0 Å². The average Bonchev–Trinajstić information content (AvgIpc) is 2.11. The van der Waals surface area contributed by atoms with E-state index in [9.17, 15) is 25.2 Å². The molecule has 0 aliphatic heterocycles. The third-order valence-electron chi connectivity index (χ3n) is 2.53. The monoisotopic (exact) mass is 207 g/mol. The average molecular weight is 207 g/mol. The fraction of sp³-hybridized carbons (Fsp3) is 0.857. The minimum atomic E-state index is -2.50. The molecule has 1 aliphatic rings. The van der Waals surface area contributed by atoms with E-state index in [0.717, 1.165) is 0 Å². The topological polar surface area (TPSA) is 144 Å². The van der Waals surface area contributed by atoms with Crippen molar-refractivity contribution in [1.82, 2.24) is 0 Å². The summed E-state index contributed by atoms with van der Waals surface area (Å²) in [7, 11) is 0. The highest BCUT2D eigenvalue weighted by Gasteiger charge is 2.54. The Morgan fingerprint density at radius 2 is 1.86 bits per heavy atom. The lowest BCUT2D eigenvalue weighted by atomic mass is 9.76. The van der Waals surface area contributed by atoms with Crippen LogP contribution in [0.4, 0.5) is 0 Å². The summed E-state index contributed by atoms with van der Waals surface area (Å²) in [6.45, 7) is 0. The number of aliphatic hydroxyl groups excluding tert-OH is 3. The lowest BCUT2D eigenvalue weighted by Gasteiger charge is -2.42. The van der Waals surface area contributed by atoms with E-state index in [4.69, 9.17) is 10.8 Å². The first-order chi connectivity index (χ1) is 6.30. The highest BCUT2D eigenvalue weighted by Crippen LogP contribution is 2.28. The summed E-state index contributed by atoms with van der Waals surface area (Å²) in [5.41, 5.74) is 2.74. The van der Waals surface area contributed by atoms with Crippen LogP contribution in [0.3, 0.4) is 0 Å². The number of carboxylic acid groups (broad SMARTS) is 1. The summed E-state index contributed by atoms with van der Waals surface area (Å²) in [5.74, 6) is -1.67. The molecule has 0 amide bonds. The van der Waals surface area contributed by atoms with Crippen LogP contribution in [0.2, 0.25) is 0 Å². The summed E-state index contributed by atoms with van der Waals surface area (Å²) >= 11 is 0. The maximum absolute atomic E-state index is 10.6. The molecule has 14 heavy (non-hydrogen) atoms. The minimum Gasteiger partial charge on any atom is -0.479 e. The van der Waals surface area contributed by atoms with Crippen LogP contribution in [0.25, 0.3) is 0 Å². The second-order valence-electron chi connectivity index (χ2n) is 3.51. The second kappa shape index (κ2) is 3.44. The van der Waals surface area contributed by atoms with Gasteiger partial charge in [-0.1, -0.05) is 0 Å². The molecule has 1 rings (SSSR count). The molecule has 0 saturated heterocycles. The Morgan fingerprint density at radius 3 is 2.29 bits per heavy atom. The van der Waals surface area contributed by atoms with Crippen LogP contribution < -0.4 is 5.73 Å². The van der Waals surface area contributed by atoms with Gasteiger partial charge in [0.05, 0.1) is 18.2 Å². The zero-order valence-corrected chi connectivity index (χ0v) is 7.24. The van der Waals surface area contributed by atoms with E-state index >= 15 is 0 Å². The molecule has 0 bridgehead atoms. The number of carboxylic acids is 1. The Bertz CT molecular complexity index is 246. The molecule has 0 radical (unpaired) electrons. The summed E-state index contributed by atoms with van der Waals surface area (Å²) in [6.07, 6.45) is -5.37. The van der Waals surface area contributed by atoms with E-state index in [0.29, 0.717) is 0 Å². The van der Waals surface area contributed by atoms with Crippen LogP contribution in [0.1, 0.15) is 6.42 Å². The molecular weight excluding hydrogens is 194 g/mol. The molecule has 1 saturated carbocycles. The third kappa shape index (κ3) is 1.49. The third-order valence-corrected chi connectivity index (χ3v) is 2.53. The van der Waals surface area contributed by atoms with Gasteiger partial charge in [-0.05, 0) is 0 Å². The largest absolute Gasteiger partial charge is 0.479 e. The minimum absolute atomic E-state index is 0.654. The summed E-state index contributed by atoms with van der Waals surface area (Å²) < 4.78 is 0. The number of hydrogen-bond acceptors (Lipinski definition) is 6. The molecule has 0 aromatic heterocycles. The first-order valence-electron chi connectivity index (χ1n) is 4.06. The maximum atomic E-state index is 10.6. The van der Waals surface area contributed by atoms with Gasteiger partial charge < -0.3 is 31.3 Å². The lowest BCUT2D eigenvalue weighted by molar-refractivity contribution is -0.200. The van der Waals surface area contributed by atoms with E-state index in [1.165, 1.54) is 0 Å². The van der Waals surface area contributed by atoms with E-state index in [2.05, 4.69) is 0 Å². The normalized spacial score (nSPS) is 48.9. The molecule has 82 valence electrons. The van der Waals surface area contributed by atoms with E-state index in [1.54, 1.807) is 0 Å². The van der Waals surface area contributed by atoms with Crippen LogP contribution in [-0.2, 0) is 4.79 Å². The van der Waals surface area contributed by atoms with Gasteiger partial charge in [-0.3, -0.25) is 0 Å². The maximum Gasteiger partial charge on any atom is 0.338 e. The molecule has 0 spiro atoms. The van der Waals surface area contributed by atoms with E-state index in [1.807, 2.05) is 0 Å². The van der Waals surface area contributed by atoms with Gasteiger partial charge >= 0.3 is 5.97 Å². The van der Waals surface area contributed by atoms with Crippen molar-refractivity contribution in [2.45, 2.75) is 36.4 Å². The predicted molar refractivity (Wildman–Crippen MR) is 43.2 cm³/mol. The van der Waals surface area contributed by atoms with Crippen LogP contribution in [0.5, 0.6) is 0 Å². The highest BCUT2D eigenvalue weighted by molar-refractivity contribution is 5.78. The van der Waals surface area contributed by atoms with Gasteiger partial charge in [-0.15, -0.1) is 0 Å². The van der Waals surface area contributed by atoms with Crippen LogP contribution in [0, 0.1) is 0 Å². The van der Waals surface area contributed by atoms with Crippen molar-refractivity contribution in [3.8, 4) is 0 Å². The highest BCUT2D eigenvalue weighted by atomic mass is 16.4. The smallest absolute Gasteiger partial charge is 0.338 e. The van der Waals surface area contributed by atoms with Crippen LogP contribution in [0.15, 0.2) is 0 Å². The van der Waals surface area contributed by atoms with Crippen molar-refractivity contribution < 1.29 is 30.3 Å². The van der Waals surface area contributed by atoms with E-state index in [-0.39, 0.29) is 0 Å². The molecule has 0 heterocycles. The zero-order chi connectivity index (χ0) is 11.1. The number of nitrogens with two attached hydrogens (primary N) is 1. The van der Waals surface area contributed by atoms with Crippen molar-refractivity contribution >= 4 is 5.97 Å². The Balaban J connectivity index is 2.96. The molecule has 7 N–H and O–H groups in total. The van der Waals surface area contributed by atoms with E-state index < -0.39 is 42.3 Å². The molecule has 0 aromatic carbocycles. The number of aliphatic hydroxyl groups is 4. The molecule has 7 heteroatoms. The SMILES string of the molecule is N[C@@H]1[C@@H](O)[C@H](O)C[C@](O)(C(=O)O)[C@H]1O. The molecule has 5 atom stereocenters. The Kier molecular flexibility index (Phi) is 2.79. The van der Waals surface area contributed by atoms with Crippen molar-refractivity contribution in [3.05, 3.63) is 0 Å². The van der Waals surface area contributed by atoms with Gasteiger partial charge in [0.1, 0.15) is 6.10 Å². The standard InChI is InChI=1S/C7H13NO6/c8-3-4(10)2(9)1-7(14,5(3)11)6(12)13/h2-5,9-11,14H,1,8H2,(H,12,13)/t2-,3-,4+,5+,7-/m1/s1. The predicted octanol–water partition coefficient (Wildman–Crippen LogP) is -3.38. The molecule has 7 nitrogen and oxygen atoms in total. The van der Waals surface area contributed by atoms with Crippen LogP contribution >= 0.6 is 0 Å². The number of carbonyl (C=O) groups is 1. The molecule has 1 fully saturated rings. The molecular formula is C7H13NO6.